The van der Waals surface area contributed by atoms with Crippen LogP contribution < -0.4 is 11.2 Å². The normalized spacial score (nSPS) is 10.6. The van der Waals surface area contributed by atoms with Gasteiger partial charge in [0.1, 0.15) is 11.5 Å². The van der Waals surface area contributed by atoms with Crippen LogP contribution in [0, 0.1) is 12.0 Å². The first-order valence-electron chi connectivity index (χ1n) is 5.21. The second kappa shape index (κ2) is 6.06. The molecule has 0 saturated heterocycles. The molecule has 2 rings (SSSR count). The fourth-order valence-electron chi connectivity index (χ4n) is 1.16. The Morgan fingerprint density at radius 2 is 2.44 bits per heavy atom. The highest BCUT2D eigenvalue weighted by atomic mass is 16.3. The number of nitrogens with zero attached hydrogens (tertiary/aromatic N) is 3. The SMILES string of the molecule is NC(=NNC#CCc1ccco1)c1cnccn1. The molecule has 90 valence electrons. The Balaban J connectivity index is 1.86. The highest BCUT2D eigenvalue weighted by molar-refractivity contribution is 5.95. The molecule has 6 heteroatoms. The summed E-state index contributed by atoms with van der Waals surface area (Å²) in [6, 6.07) is 6.32. The zero-order valence-electron chi connectivity index (χ0n) is 9.50. The van der Waals surface area contributed by atoms with Crippen LogP contribution >= 0.6 is 0 Å². The molecule has 0 amide bonds. The number of hydrogen-bond donors (Lipinski definition) is 2. The van der Waals surface area contributed by atoms with Crippen molar-refractivity contribution in [1.29, 1.82) is 0 Å². The van der Waals surface area contributed by atoms with Crippen molar-refractivity contribution in [2.24, 2.45) is 10.8 Å². The van der Waals surface area contributed by atoms with Gasteiger partial charge in [0, 0.05) is 18.4 Å². The Labute approximate surface area is 104 Å². The van der Waals surface area contributed by atoms with Gasteiger partial charge in [0.2, 0.25) is 0 Å². The minimum atomic E-state index is 0.232. The van der Waals surface area contributed by atoms with Crippen molar-refractivity contribution in [3.63, 3.8) is 0 Å². The van der Waals surface area contributed by atoms with E-state index in [1.807, 2.05) is 12.1 Å². The van der Waals surface area contributed by atoms with Crippen LogP contribution in [0.4, 0.5) is 0 Å². The second-order valence-electron chi connectivity index (χ2n) is 3.26. The average Bonchev–Trinajstić information content (AvgIpc) is 2.92. The van der Waals surface area contributed by atoms with Gasteiger partial charge < -0.3 is 10.2 Å². The van der Waals surface area contributed by atoms with Crippen molar-refractivity contribution in [3.8, 4) is 12.0 Å². The molecule has 0 bridgehead atoms. The first kappa shape index (κ1) is 11.7. The van der Waals surface area contributed by atoms with Crippen LogP contribution in [0.5, 0.6) is 0 Å². The molecule has 0 radical (unpaired) electrons. The summed E-state index contributed by atoms with van der Waals surface area (Å²) in [6.45, 7) is 0. The molecule has 0 fully saturated rings. The minimum absolute atomic E-state index is 0.232. The highest BCUT2D eigenvalue weighted by Gasteiger charge is 1.97. The molecule has 2 heterocycles. The summed E-state index contributed by atoms with van der Waals surface area (Å²) in [5, 5.41) is 3.85. The number of rotatable bonds is 3. The molecular formula is C12H11N5O. The van der Waals surface area contributed by atoms with Crippen LogP contribution in [0.2, 0.25) is 0 Å². The van der Waals surface area contributed by atoms with Crippen molar-refractivity contribution in [1.82, 2.24) is 15.4 Å². The summed E-state index contributed by atoms with van der Waals surface area (Å²) in [5.74, 6) is 3.87. The second-order valence-corrected chi connectivity index (χ2v) is 3.26. The lowest BCUT2D eigenvalue weighted by atomic mass is 10.3. The Kier molecular flexibility index (Phi) is 3.93. The fourth-order valence-corrected chi connectivity index (χ4v) is 1.16. The smallest absolute Gasteiger partial charge is 0.171 e. The van der Waals surface area contributed by atoms with E-state index in [-0.39, 0.29) is 5.84 Å². The van der Waals surface area contributed by atoms with Crippen molar-refractivity contribution in [2.75, 3.05) is 0 Å². The summed E-state index contributed by atoms with van der Waals surface area (Å²) in [4.78, 5) is 7.88. The van der Waals surface area contributed by atoms with E-state index in [0.717, 1.165) is 5.76 Å². The Morgan fingerprint density at radius 1 is 1.50 bits per heavy atom. The predicted octanol–water partition coefficient (Wildman–Crippen LogP) is 0.483. The van der Waals surface area contributed by atoms with Crippen molar-refractivity contribution in [3.05, 3.63) is 48.4 Å². The Hall–Kier alpha value is -2.81. The molecule has 18 heavy (non-hydrogen) atoms. The topological polar surface area (TPSA) is 89.3 Å². The maximum absolute atomic E-state index is 5.67. The van der Waals surface area contributed by atoms with Gasteiger partial charge in [-0.15, -0.1) is 5.10 Å². The van der Waals surface area contributed by atoms with Gasteiger partial charge in [0.15, 0.2) is 5.84 Å². The van der Waals surface area contributed by atoms with Gasteiger partial charge in [-0.2, -0.15) is 0 Å². The number of hydrogen-bond acceptors (Lipinski definition) is 5. The lowest BCUT2D eigenvalue weighted by Crippen LogP contribution is -2.18. The minimum Gasteiger partial charge on any atom is -0.468 e. The van der Waals surface area contributed by atoms with E-state index in [4.69, 9.17) is 10.2 Å². The molecule has 2 aromatic rings. The highest BCUT2D eigenvalue weighted by Crippen LogP contribution is 1.98. The lowest BCUT2D eigenvalue weighted by molar-refractivity contribution is 0.525. The largest absolute Gasteiger partial charge is 0.468 e. The zero-order chi connectivity index (χ0) is 12.6. The van der Waals surface area contributed by atoms with E-state index in [0.29, 0.717) is 12.1 Å². The van der Waals surface area contributed by atoms with Crippen molar-refractivity contribution >= 4 is 5.84 Å². The zero-order valence-corrected chi connectivity index (χ0v) is 9.50. The van der Waals surface area contributed by atoms with Gasteiger partial charge in [-0.25, -0.2) is 10.4 Å². The van der Waals surface area contributed by atoms with Crippen molar-refractivity contribution < 1.29 is 4.42 Å². The summed E-state index contributed by atoms with van der Waals surface area (Å²) in [5.41, 5.74) is 8.71. The number of nitrogens with one attached hydrogen (secondary N) is 1. The molecule has 6 nitrogen and oxygen atoms in total. The molecule has 2 aromatic heterocycles. The molecule has 0 aliphatic carbocycles. The maximum Gasteiger partial charge on any atom is 0.171 e. The number of nitrogens with two attached hydrogens (primary N) is 1. The standard InChI is InChI=1S/C12H11N5O/c13-12(11-9-14-6-7-15-11)17-16-5-1-3-10-4-2-8-18-10/h2,4,6-9,16H,3H2,(H2,13,17). The van der Waals surface area contributed by atoms with Crippen LogP contribution in [-0.4, -0.2) is 15.8 Å². The van der Waals surface area contributed by atoms with E-state index in [1.54, 1.807) is 18.7 Å². The van der Waals surface area contributed by atoms with Gasteiger partial charge in [0.25, 0.3) is 0 Å². The quantitative estimate of drug-likeness (QED) is 0.268. The molecule has 0 spiro atoms. The third kappa shape index (κ3) is 3.35. The van der Waals surface area contributed by atoms with E-state index in [2.05, 4.69) is 32.5 Å². The summed E-state index contributed by atoms with van der Waals surface area (Å²) < 4.78 is 5.12. The van der Waals surface area contributed by atoms with Gasteiger partial charge in [-0.3, -0.25) is 4.98 Å². The van der Waals surface area contributed by atoms with E-state index < -0.39 is 0 Å². The van der Waals surface area contributed by atoms with Crippen LogP contribution in [0.25, 0.3) is 0 Å². The lowest BCUT2D eigenvalue weighted by Gasteiger charge is -1.96. The molecule has 0 aromatic carbocycles. The number of hydrazone groups is 1. The summed E-state index contributed by atoms with van der Waals surface area (Å²) in [6.07, 6.45) is 6.75. The number of amidine groups is 1. The monoisotopic (exact) mass is 241 g/mol. The van der Waals surface area contributed by atoms with Gasteiger partial charge in [-0.05, 0) is 12.1 Å². The van der Waals surface area contributed by atoms with Gasteiger partial charge >= 0.3 is 0 Å². The molecule has 0 unspecified atom stereocenters. The van der Waals surface area contributed by atoms with E-state index in [1.165, 1.54) is 6.20 Å². The molecule has 3 N–H and O–H groups in total. The summed E-state index contributed by atoms with van der Waals surface area (Å²) in [7, 11) is 0. The number of furan rings is 1. The van der Waals surface area contributed by atoms with Gasteiger partial charge in [0.05, 0.1) is 18.9 Å². The third-order valence-electron chi connectivity index (χ3n) is 1.99. The summed E-state index contributed by atoms with van der Waals surface area (Å²) >= 11 is 0. The first-order chi connectivity index (χ1) is 8.86. The Morgan fingerprint density at radius 3 is 3.17 bits per heavy atom. The fraction of sp³-hybridized carbons (Fsp3) is 0.0833. The molecule has 0 saturated carbocycles. The van der Waals surface area contributed by atoms with E-state index >= 15 is 0 Å². The predicted molar refractivity (Wildman–Crippen MR) is 66.1 cm³/mol. The third-order valence-corrected chi connectivity index (χ3v) is 1.99. The molecular weight excluding hydrogens is 230 g/mol. The van der Waals surface area contributed by atoms with Crippen molar-refractivity contribution in [2.45, 2.75) is 6.42 Å². The van der Waals surface area contributed by atoms with Crippen LogP contribution in [-0.2, 0) is 6.42 Å². The van der Waals surface area contributed by atoms with E-state index in [9.17, 15) is 0 Å². The first-order valence-corrected chi connectivity index (χ1v) is 5.21. The number of aromatic nitrogens is 2. The molecule has 0 atom stereocenters. The Bertz CT molecular complexity index is 566. The maximum atomic E-state index is 5.67. The molecule has 0 aliphatic rings. The average molecular weight is 241 g/mol. The van der Waals surface area contributed by atoms with Gasteiger partial charge in [-0.1, -0.05) is 5.92 Å². The van der Waals surface area contributed by atoms with Crippen LogP contribution in [0.15, 0.2) is 46.5 Å². The van der Waals surface area contributed by atoms with Crippen LogP contribution in [0.1, 0.15) is 11.5 Å². The molecule has 0 aliphatic heterocycles. The van der Waals surface area contributed by atoms with Crippen LogP contribution in [0.3, 0.4) is 0 Å².